The van der Waals surface area contributed by atoms with Gasteiger partial charge in [-0.3, -0.25) is 0 Å². The van der Waals surface area contributed by atoms with Crippen molar-refractivity contribution in [2.75, 3.05) is 7.11 Å². The van der Waals surface area contributed by atoms with Crippen molar-refractivity contribution in [3.8, 4) is 17.3 Å². The van der Waals surface area contributed by atoms with Crippen molar-refractivity contribution in [3.05, 3.63) is 11.3 Å². The van der Waals surface area contributed by atoms with Crippen LogP contribution in [0.25, 0.3) is 0 Å². The van der Waals surface area contributed by atoms with E-state index in [1.165, 1.54) is 0 Å². The highest BCUT2D eigenvalue weighted by atomic mass is 28.3. The second-order valence-corrected chi connectivity index (χ2v) is 8.97. The van der Waals surface area contributed by atoms with Crippen molar-refractivity contribution in [1.29, 1.82) is 0 Å². The van der Waals surface area contributed by atoms with Gasteiger partial charge in [0.05, 0.1) is 12.8 Å². The third-order valence-electron chi connectivity index (χ3n) is 1.68. The van der Waals surface area contributed by atoms with Gasteiger partial charge in [-0.2, -0.15) is 5.10 Å². The molecular weight excluding hydrogens is 192 g/mol. The van der Waals surface area contributed by atoms with E-state index < -0.39 is 8.07 Å². The lowest BCUT2D eigenvalue weighted by Crippen LogP contribution is -2.16. The molecule has 0 radical (unpaired) electrons. The summed E-state index contributed by atoms with van der Waals surface area (Å²) in [6, 6.07) is 0. The van der Waals surface area contributed by atoms with E-state index in [0.717, 1.165) is 11.3 Å². The molecule has 4 heteroatoms. The minimum absolute atomic E-state index is 0.660. The molecule has 76 valence electrons. The Morgan fingerprint density at radius 2 is 2.00 bits per heavy atom. The molecule has 0 aliphatic carbocycles. The minimum Gasteiger partial charge on any atom is -0.480 e. The summed E-state index contributed by atoms with van der Waals surface area (Å²) in [6.45, 7) is 8.55. The Kier molecular flexibility index (Phi) is 3.02. The summed E-state index contributed by atoms with van der Waals surface area (Å²) in [5.41, 5.74) is 5.07. The first-order valence-electron chi connectivity index (χ1n) is 4.56. The highest BCUT2D eigenvalue weighted by molar-refractivity contribution is 6.83. The molecule has 0 saturated heterocycles. The molecule has 1 aromatic heterocycles. The molecular formula is C10H16N2OSi. The van der Waals surface area contributed by atoms with Gasteiger partial charge in [0, 0.05) is 0 Å². The number of hydrogen-bond donors (Lipinski definition) is 1. The van der Waals surface area contributed by atoms with E-state index >= 15 is 0 Å². The van der Waals surface area contributed by atoms with Crippen LogP contribution in [0.2, 0.25) is 19.6 Å². The van der Waals surface area contributed by atoms with Crippen LogP contribution in [0.4, 0.5) is 0 Å². The molecule has 0 unspecified atom stereocenters. The number of hydrogen-bond acceptors (Lipinski definition) is 2. The SMILES string of the molecule is COc1[nH]nc(C)c1C#C[Si](C)(C)C. The number of methoxy groups -OCH3 is 1. The Morgan fingerprint density at radius 3 is 2.50 bits per heavy atom. The van der Waals surface area contributed by atoms with Gasteiger partial charge >= 0.3 is 0 Å². The number of aromatic amines is 1. The van der Waals surface area contributed by atoms with Crippen molar-refractivity contribution in [2.45, 2.75) is 26.6 Å². The molecule has 14 heavy (non-hydrogen) atoms. The van der Waals surface area contributed by atoms with Crippen molar-refractivity contribution in [2.24, 2.45) is 0 Å². The standard InChI is InChI=1S/C10H16N2OSi/c1-8-9(6-7-14(3,4)5)10(13-2)12-11-8/h1-5H3,(H,11,12). The molecule has 0 bridgehead atoms. The largest absolute Gasteiger partial charge is 0.480 e. The molecule has 0 atom stereocenters. The lowest BCUT2D eigenvalue weighted by molar-refractivity contribution is 0.396. The third kappa shape index (κ3) is 2.64. The summed E-state index contributed by atoms with van der Waals surface area (Å²) in [7, 11) is 0.287. The van der Waals surface area contributed by atoms with Crippen molar-refractivity contribution < 1.29 is 4.74 Å². The molecule has 1 rings (SSSR count). The molecule has 3 nitrogen and oxygen atoms in total. The predicted molar refractivity (Wildman–Crippen MR) is 60.1 cm³/mol. The number of ether oxygens (including phenoxy) is 1. The smallest absolute Gasteiger partial charge is 0.225 e. The average molecular weight is 208 g/mol. The lowest BCUT2D eigenvalue weighted by Gasteiger charge is -2.03. The Hall–Kier alpha value is -1.21. The van der Waals surface area contributed by atoms with Crippen LogP contribution in [0.1, 0.15) is 11.3 Å². The van der Waals surface area contributed by atoms with E-state index in [0.29, 0.717) is 5.88 Å². The zero-order valence-electron chi connectivity index (χ0n) is 9.36. The van der Waals surface area contributed by atoms with E-state index in [-0.39, 0.29) is 0 Å². The van der Waals surface area contributed by atoms with E-state index in [4.69, 9.17) is 4.74 Å². The van der Waals surface area contributed by atoms with Gasteiger partial charge in [-0.05, 0) is 6.92 Å². The van der Waals surface area contributed by atoms with Gasteiger partial charge in [0.2, 0.25) is 5.88 Å². The highest BCUT2D eigenvalue weighted by Gasteiger charge is 2.11. The third-order valence-corrected chi connectivity index (χ3v) is 2.56. The van der Waals surface area contributed by atoms with Crippen molar-refractivity contribution in [3.63, 3.8) is 0 Å². The van der Waals surface area contributed by atoms with Crippen LogP contribution in [-0.4, -0.2) is 25.4 Å². The summed E-state index contributed by atoms with van der Waals surface area (Å²) in [6.07, 6.45) is 0. The molecule has 1 N–H and O–H groups in total. The molecule has 0 spiro atoms. The molecule has 0 aliphatic heterocycles. The summed E-state index contributed by atoms with van der Waals surface area (Å²) in [4.78, 5) is 0. The van der Waals surface area contributed by atoms with E-state index in [2.05, 4.69) is 41.3 Å². The first-order valence-corrected chi connectivity index (χ1v) is 8.06. The first-order chi connectivity index (χ1) is 6.44. The predicted octanol–water partition coefficient (Wildman–Crippen LogP) is 1.96. The number of aryl methyl sites for hydroxylation is 1. The monoisotopic (exact) mass is 208 g/mol. The Balaban J connectivity index is 3.05. The fourth-order valence-corrected chi connectivity index (χ4v) is 1.46. The van der Waals surface area contributed by atoms with E-state index in [9.17, 15) is 0 Å². The van der Waals surface area contributed by atoms with E-state index in [1.807, 2.05) is 6.92 Å². The Labute approximate surface area is 85.9 Å². The van der Waals surface area contributed by atoms with Crippen LogP contribution < -0.4 is 4.74 Å². The number of nitrogens with zero attached hydrogens (tertiary/aromatic N) is 1. The molecule has 0 fully saturated rings. The normalized spacial score (nSPS) is 10.6. The summed E-state index contributed by atoms with van der Waals surface area (Å²) in [5.74, 6) is 3.81. The summed E-state index contributed by atoms with van der Waals surface area (Å²) >= 11 is 0. The van der Waals surface area contributed by atoms with Crippen LogP contribution >= 0.6 is 0 Å². The van der Waals surface area contributed by atoms with Gasteiger partial charge in [-0.15, -0.1) is 5.54 Å². The van der Waals surface area contributed by atoms with Gasteiger partial charge in [0.1, 0.15) is 13.6 Å². The zero-order chi connectivity index (χ0) is 10.8. The second kappa shape index (κ2) is 3.89. The topological polar surface area (TPSA) is 37.9 Å². The maximum atomic E-state index is 5.13. The van der Waals surface area contributed by atoms with Gasteiger partial charge in [0.15, 0.2) is 0 Å². The second-order valence-electron chi connectivity index (χ2n) is 4.22. The van der Waals surface area contributed by atoms with Crippen LogP contribution in [0.15, 0.2) is 0 Å². The number of H-pyrrole nitrogens is 1. The first kappa shape index (κ1) is 10.9. The fraction of sp³-hybridized carbons (Fsp3) is 0.500. The highest BCUT2D eigenvalue weighted by Crippen LogP contribution is 2.16. The molecule has 0 aromatic carbocycles. The quantitative estimate of drug-likeness (QED) is 0.566. The van der Waals surface area contributed by atoms with Crippen molar-refractivity contribution in [1.82, 2.24) is 10.2 Å². The molecule has 1 heterocycles. The molecule has 0 saturated carbocycles. The number of nitrogens with one attached hydrogen (secondary N) is 1. The number of aromatic nitrogens is 2. The van der Waals surface area contributed by atoms with Gasteiger partial charge in [-0.25, -0.2) is 5.10 Å². The van der Waals surface area contributed by atoms with Crippen LogP contribution in [-0.2, 0) is 0 Å². The Morgan fingerprint density at radius 1 is 1.36 bits per heavy atom. The van der Waals surface area contributed by atoms with Crippen LogP contribution in [0.5, 0.6) is 5.88 Å². The number of rotatable bonds is 1. The minimum atomic E-state index is -1.33. The average Bonchev–Trinajstić information content (AvgIpc) is 2.41. The van der Waals surface area contributed by atoms with Crippen LogP contribution in [0, 0.1) is 18.4 Å². The molecule has 1 aromatic rings. The lowest BCUT2D eigenvalue weighted by atomic mass is 10.3. The fourth-order valence-electron chi connectivity index (χ4n) is 0.956. The molecule has 0 aliphatic rings. The van der Waals surface area contributed by atoms with E-state index in [1.54, 1.807) is 7.11 Å². The zero-order valence-corrected chi connectivity index (χ0v) is 10.4. The Bertz CT molecular complexity index is 379. The molecule has 0 amide bonds. The maximum absolute atomic E-state index is 5.13. The summed E-state index contributed by atoms with van der Waals surface area (Å²) < 4.78 is 5.13. The van der Waals surface area contributed by atoms with Crippen LogP contribution in [0.3, 0.4) is 0 Å². The van der Waals surface area contributed by atoms with Gasteiger partial charge < -0.3 is 4.74 Å². The maximum Gasteiger partial charge on any atom is 0.225 e. The van der Waals surface area contributed by atoms with Gasteiger partial charge in [-0.1, -0.05) is 25.6 Å². The van der Waals surface area contributed by atoms with Gasteiger partial charge in [0.25, 0.3) is 0 Å². The van der Waals surface area contributed by atoms with Crippen molar-refractivity contribution >= 4 is 8.07 Å². The summed E-state index contributed by atoms with van der Waals surface area (Å²) in [5, 5.41) is 6.85.